The van der Waals surface area contributed by atoms with Crippen LogP contribution in [0.15, 0.2) is 12.1 Å². The van der Waals surface area contributed by atoms with Gasteiger partial charge in [0.15, 0.2) is 0 Å². The zero-order valence-electron chi connectivity index (χ0n) is 12.7. The van der Waals surface area contributed by atoms with E-state index in [0.29, 0.717) is 5.92 Å². The van der Waals surface area contributed by atoms with Gasteiger partial charge in [-0.15, -0.1) is 0 Å². The minimum Gasteiger partial charge on any atom is -0.374 e. The molecular formula is C16H27N3. The number of fused-ring (bicyclic) bond motifs is 1. The number of hydrogen-bond donors (Lipinski definition) is 1. The smallest absolute Gasteiger partial charge is 0.0430 e. The first-order chi connectivity index (χ1) is 9.12. The zero-order chi connectivity index (χ0) is 14.0. The van der Waals surface area contributed by atoms with Crippen molar-refractivity contribution in [1.29, 1.82) is 0 Å². The quantitative estimate of drug-likeness (QED) is 0.904. The molecule has 0 aliphatic carbocycles. The summed E-state index contributed by atoms with van der Waals surface area (Å²) >= 11 is 0. The lowest BCUT2D eigenvalue weighted by atomic mass is 9.87. The fourth-order valence-corrected chi connectivity index (χ4v) is 3.25. The average molecular weight is 261 g/mol. The molecule has 0 bridgehead atoms. The van der Waals surface area contributed by atoms with Gasteiger partial charge in [0.1, 0.15) is 0 Å². The predicted octanol–water partition coefficient (Wildman–Crippen LogP) is 2.72. The summed E-state index contributed by atoms with van der Waals surface area (Å²) in [5.74, 6) is 0.514. The maximum absolute atomic E-state index is 5.97. The topological polar surface area (TPSA) is 32.5 Å². The Morgan fingerprint density at radius 1 is 1.32 bits per heavy atom. The largest absolute Gasteiger partial charge is 0.374 e. The lowest BCUT2D eigenvalue weighted by Gasteiger charge is -2.35. The van der Waals surface area contributed by atoms with E-state index in [-0.39, 0.29) is 0 Å². The van der Waals surface area contributed by atoms with Crippen LogP contribution in [0.2, 0.25) is 0 Å². The van der Waals surface area contributed by atoms with Crippen LogP contribution in [0.25, 0.3) is 0 Å². The summed E-state index contributed by atoms with van der Waals surface area (Å²) < 4.78 is 0. The average Bonchev–Trinajstić information content (AvgIpc) is 2.40. The summed E-state index contributed by atoms with van der Waals surface area (Å²) in [6, 6.07) is 4.68. The van der Waals surface area contributed by atoms with E-state index in [2.05, 4.69) is 49.8 Å². The van der Waals surface area contributed by atoms with Crippen molar-refractivity contribution in [3.8, 4) is 0 Å². The highest BCUT2D eigenvalue weighted by molar-refractivity contribution is 5.68. The molecule has 1 aromatic carbocycles. The Morgan fingerprint density at radius 2 is 2.00 bits per heavy atom. The Balaban J connectivity index is 2.50. The summed E-state index contributed by atoms with van der Waals surface area (Å²) in [6.45, 7) is 10.6. The van der Waals surface area contributed by atoms with Crippen molar-refractivity contribution in [2.75, 3.05) is 43.0 Å². The zero-order valence-corrected chi connectivity index (χ0v) is 12.7. The van der Waals surface area contributed by atoms with Crippen molar-refractivity contribution >= 4 is 11.4 Å². The van der Waals surface area contributed by atoms with Crippen molar-refractivity contribution in [3.05, 3.63) is 23.3 Å². The lowest BCUT2D eigenvalue weighted by molar-refractivity contribution is 0.599. The van der Waals surface area contributed by atoms with Gasteiger partial charge in [-0.1, -0.05) is 0 Å². The molecule has 1 aliphatic rings. The molecule has 1 atom stereocenters. The van der Waals surface area contributed by atoms with Crippen LogP contribution in [0.1, 0.15) is 37.3 Å². The molecule has 0 fully saturated rings. The summed E-state index contributed by atoms with van der Waals surface area (Å²) in [5.41, 5.74) is 11.5. The molecule has 0 radical (unpaired) electrons. The molecule has 19 heavy (non-hydrogen) atoms. The minimum atomic E-state index is 0.514. The number of aryl methyl sites for hydroxylation is 1. The van der Waals surface area contributed by atoms with Crippen molar-refractivity contribution < 1.29 is 0 Å². The molecule has 106 valence electrons. The lowest BCUT2D eigenvalue weighted by Crippen LogP contribution is -2.31. The highest BCUT2D eigenvalue weighted by Gasteiger charge is 2.24. The number of nitrogens with zero attached hydrogens (tertiary/aromatic N) is 2. The van der Waals surface area contributed by atoms with E-state index in [9.17, 15) is 0 Å². The van der Waals surface area contributed by atoms with Crippen LogP contribution in [0.4, 0.5) is 11.4 Å². The molecule has 2 rings (SSSR count). The Hall–Kier alpha value is -1.22. The van der Waals surface area contributed by atoms with Crippen molar-refractivity contribution in [1.82, 2.24) is 0 Å². The van der Waals surface area contributed by atoms with Crippen LogP contribution in [0.3, 0.4) is 0 Å². The number of rotatable bonds is 4. The second-order valence-corrected chi connectivity index (χ2v) is 5.52. The molecule has 0 saturated carbocycles. The van der Waals surface area contributed by atoms with Crippen LogP contribution in [0, 0.1) is 6.92 Å². The Bertz CT molecular complexity index is 438. The number of nitrogens with two attached hydrogens (primary N) is 1. The van der Waals surface area contributed by atoms with Crippen LogP contribution in [-0.4, -0.2) is 33.2 Å². The molecule has 0 aromatic heterocycles. The Kier molecular flexibility index (Phi) is 4.35. The van der Waals surface area contributed by atoms with Crippen LogP contribution in [0.5, 0.6) is 0 Å². The first-order valence-electron chi connectivity index (χ1n) is 7.43. The van der Waals surface area contributed by atoms with Gasteiger partial charge in [0.2, 0.25) is 0 Å². The van der Waals surface area contributed by atoms with E-state index in [1.807, 2.05) is 0 Å². The maximum atomic E-state index is 5.97. The van der Waals surface area contributed by atoms with Crippen LogP contribution >= 0.6 is 0 Å². The highest BCUT2D eigenvalue weighted by Crippen LogP contribution is 2.39. The van der Waals surface area contributed by atoms with Gasteiger partial charge >= 0.3 is 0 Å². The van der Waals surface area contributed by atoms with Crippen molar-refractivity contribution in [3.63, 3.8) is 0 Å². The third-order valence-electron chi connectivity index (χ3n) is 4.36. The van der Waals surface area contributed by atoms with Crippen LogP contribution in [-0.2, 0) is 0 Å². The molecule has 1 heterocycles. The molecule has 0 saturated heterocycles. The SMILES string of the molecule is CCN(CC)c1cc(C)c2c(c1)C(CN)CCN2C. The monoisotopic (exact) mass is 261 g/mol. The van der Waals surface area contributed by atoms with Gasteiger partial charge in [0.25, 0.3) is 0 Å². The summed E-state index contributed by atoms with van der Waals surface area (Å²) in [5, 5.41) is 0. The second kappa shape index (κ2) is 5.83. The van der Waals surface area contributed by atoms with Crippen molar-refractivity contribution in [2.45, 2.75) is 33.1 Å². The Labute approximate surface area is 117 Å². The molecule has 2 N–H and O–H groups in total. The van der Waals surface area contributed by atoms with Gasteiger partial charge in [0, 0.05) is 38.1 Å². The molecule has 1 aliphatic heterocycles. The fourth-order valence-electron chi connectivity index (χ4n) is 3.25. The summed E-state index contributed by atoms with van der Waals surface area (Å²) in [7, 11) is 2.19. The summed E-state index contributed by atoms with van der Waals surface area (Å²) in [6.07, 6.45) is 1.17. The molecule has 1 aromatic rings. The van der Waals surface area contributed by atoms with E-state index in [0.717, 1.165) is 26.2 Å². The summed E-state index contributed by atoms with van der Waals surface area (Å²) in [4.78, 5) is 4.79. The van der Waals surface area contributed by atoms with E-state index >= 15 is 0 Å². The van der Waals surface area contributed by atoms with Gasteiger partial charge in [-0.3, -0.25) is 0 Å². The number of hydrogen-bond acceptors (Lipinski definition) is 3. The minimum absolute atomic E-state index is 0.514. The maximum Gasteiger partial charge on any atom is 0.0430 e. The molecule has 0 amide bonds. The standard InChI is InChI=1S/C16H27N3/c1-5-19(6-2)14-9-12(3)16-15(10-14)13(11-17)7-8-18(16)4/h9-10,13H,5-8,11,17H2,1-4H3. The number of anilines is 2. The van der Waals surface area contributed by atoms with Gasteiger partial charge in [-0.05, 0) is 62.9 Å². The Morgan fingerprint density at radius 3 is 2.58 bits per heavy atom. The number of benzene rings is 1. The molecular weight excluding hydrogens is 234 g/mol. The van der Waals surface area contributed by atoms with E-state index in [1.54, 1.807) is 0 Å². The molecule has 3 heteroatoms. The molecule has 1 unspecified atom stereocenters. The van der Waals surface area contributed by atoms with E-state index < -0.39 is 0 Å². The molecule has 3 nitrogen and oxygen atoms in total. The third-order valence-corrected chi connectivity index (χ3v) is 4.36. The van der Waals surface area contributed by atoms with Crippen molar-refractivity contribution in [2.24, 2.45) is 5.73 Å². The van der Waals surface area contributed by atoms with E-state index in [1.165, 1.54) is 28.9 Å². The third kappa shape index (κ3) is 2.57. The normalized spacial score (nSPS) is 18.4. The van der Waals surface area contributed by atoms with Gasteiger partial charge in [-0.25, -0.2) is 0 Å². The fraction of sp³-hybridized carbons (Fsp3) is 0.625. The van der Waals surface area contributed by atoms with Gasteiger partial charge < -0.3 is 15.5 Å². The first-order valence-corrected chi connectivity index (χ1v) is 7.43. The van der Waals surface area contributed by atoms with Gasteiger partial charge in [-0.2, -0.15) is 0 Å². The van der Waals surface area contributed by atoms with Crippen LogP contribution < -0.4 is 15.5 Å². The highest BCUT2D eigenvalue weighted by atomic mass is 15.1. The predicted molar refractivity (Wildman–Crippen MR) is 84.4 cm³/mol. The first kappa shape index (κ1) is 14.2. The van der Waals surface area contributed by atoms with E-state index in [4.69, 9.17) is 5.73 Å². The second-order valence-electron chi connectivity index (χ2n) is 5.52. The van der Waals surface area contributed by atoms with Gasteiger partial charge in [0.05, 0.1) is 0 Å². The molecule has 0 spiro atoms.